The van der Waals surface area contributed by atoms with E-state index in [0.717, 1.165) is 11.0 Å². The van der Waals surface area contributed by atoms with Crippen LogP contribution in [0.5, 0.6) is 0 Å². The van der Waals surface area contributed by atoms with Gasteiger partial charge in [0.2, 0.25) is 5.91 Å². The summed E-state index contributed by atoms with van der Waals surface area (Å²) in [7, 11) is 0. The van der Waals surface area contributed by atoms with E-state index in [1.54, 1.807) is 24.3 Å². The Labute approximate surface area is 154 Å². The molecule has 1 atom stereocenters. The number of nitrogens with one attached hydrogen (secondary N) is 2. The zero-order valence-corrected chi connectivity index (χ0v) is 14.7. The minimum atomic E-state index is -0.274. The Morgan fingerprint density at radius 3 is 2.70 bits per heavy atom. The summed E-state index contributed by atoms with van der Waals surface area (Å²) >= 11 is 0. The molecule has 4 aromatic rings. The number of aromatic nitrogens is 5. The first-order valence-electron chi connectivity index (χ1n) is 8.68. The number of carbonyl (C=O) groups is 1. The molecule has 2 aromatic carbocycles. The van der Waals surface area contributed by atoms with Crippen LogP contribution in [-0.2, 0) is 11.3 Å². The van der Waals surface area contributed by atoms with Gasteiger partial charge in [0.05, 0.1) is 29.0 Å². The summed E-state index contributed by atoms with van der Waals surface area (Å²) in [6.07, 6.45) is 0.123. The molecule has 8 nitrogen and oxygen atoms in total. The summed E-state index contributed by atoms with van der Waals surface area (Å²) in [6, 6.07) is 14.4. The van der Waals surface area contributed by atoms with Crippen molar-refractivity contribution in [3.63, 3.8) is 0 Å². The third kappa shape index (κ3) is 3.41. The van der Waals surface area contributed by atoms with Crippen molar-refractivity contribution in [1.82, 2.24) is 30.3 Å². The summed E-state index contributed by atoms with van der Waals surface area (Å²) in [5.74, 6) is 0.497. The third-order valence-electron chi connectivity index (χ3n) is 4.38. The fourth-order valence-electron chi connectivity index (χ4n) is 2.94. The highest BCUT2D eigenvalue weighted by Gasteiger charge is 2.14. The number of para-hydroxylation sites is 2. The second kappa shape index (κ2) is 6.99. The molecule has 27 heavy (non-hydrogen) atoms. The topological polar surface area (TPSA) is 106 Å². The van der Waals surface area contributed by atoms with Gasteiger partial charge in [0.25, 0.3) is 5.56 Å². The Bertz CT molecular complexity index is 1150. The normalized spacial score (nSPS) is 12.3. The summed E-state index contributed by atoms with van der Waals surface area (Å²) in [6.45, 7) is 2.02. The Balaban J connectivity index is 1.42. The summed E-state index contributed by atoms with van der Waals surface area (Å²) < 4.78 is 1.22. The van der Waals surface area contributed by atoms with Gasteiger partial charge in [-0.2, -0.15) is 0 Å². The van der Waals surface area contributed by atoms with Gasteiger partial charge in [-0.05, 0) is 31.2 Å². The van der Waals surface area contributed by atoms with E-state index in [-0.39, 0.29) is 30.5 Å². The van der Waals surface area contributed by atoms with Crippen LogP contribution in [0.3, 0.4) is 0 Å². The number of fused-ring (bicyclic) bond motifs is 2. The predicted molar refractivity (Wildman–Crippen MR) is 101 cm³/mol. The number of hydrogen-bond acceptors (Lipinski definition) is 5. The zero-order valence-electron chi connectivity index (χ0n) is 14.7. The van der Waals surface area contributed by atoms with Gasteiger partial charge in [-0.3, -0.25) is 9.59 Å². The molecule has 0 bridgehead atoms. The second-order valence-corrected chi connectivity index (χ2v) is 6.31. The number of hydrogen-bond donors (Lipinski definition) is 2. The average Bonchev–Trinajstić information content (AvgIpc) is 3.12. The molecule has 0 aliphatic heterocycles. The maximum atomic E-state index is 12.4. The molecular weight excluding hydrogens is 344 g/mol. The van der Waals surface area contributed by atoms with Gasteiger partial charge in [-0.15, -0.1) is 5.10 Å². The van der Waals surface area contributed by atoms with Crippen molar-refractivity contribution in [3.8, 4) is 0 Å². The van der Waals surface area contributed by atoms with Crippen molar-refractivity contribution in [1.29, 1.82) is 0 Å². The smallest absolute Gasteiger partial charge is 0.277 e. The van der Waals surface area contributed by atoms with E-state index < -0.39 is 0 Å². The number of carbonyl (C=O) groups excluding carboxylic acids is 1. The Morgan fingerprint density at radius 1 is 1.15 bits per heavy atom. The van der Waals surface area contributed by atoms with Crippen LogP contribution in [0.4, 0.5) is 0 Å². The number of H-pyrrole nitrogens is 1. The number of imidazole rings is 1. The van der Waals surface area contributed by atoms with Crippen molar-refractivity contribution >= 4 is 27.8 Å². The lowest BCUT2D eigenvalue weighted by molar-refractivity contribution is -0.122. The zero-order chi connectivity index (χ0) is 18.8. The Hall–Kier alpha value is -3.55. The number of amides is 1. The van der Waals surface area contributed by atoms with Crippen molar-refractivity contribution < 1.29 is 4.79 Å². The number of benzene rings is 2. The Kier molecular flexibility index (Phi) is 4.37. The lowest BCUT2D eigenvalue weighted by atomic mass is 10.2. The fourth-order valence-corrected chi connectivity index (χ4v) is 2.94. The van der Waals surface area contributed by atoms with E-state index in [2.05, 4.69) is 25.6 Å². The van der Waals surface area contributed by atoms with E-state index in [1.165, 1.54) is 4.68 Å². The second-order valence-electron chi connectivity index (χ2n) is 6.31. The first kappa shape index (κ1) is 16.9. The lowest BCUT2D eigenvalue weighted by Gasteiger charge is -2.11. The summed E-state index contributed by atoms with van der Waals surface area (Å²) in [4.78, 5) is 32.4. The van der Waals surface area contributed by atoms with Crippen LogP contribution in [0.25, 0.3) is 21.9 Å². The minimum Gasteiger partial charge on any atom is -0.346 e. The van der Waals surface area contributed by atoms with Gasteiger partial charge in [-0.1, -0.05) is 29.5 Å². The van der Waals surface area contributed by atoms with Gasteiger partial charge in [0.1, 0.15) is 11.3 Å². The van der Waals surface area contributed by atoms with Gasteiger partial charge in [0.15, 0.2) is 0 Å². The average molecular weight is 362 g/mol. The molecule has 2 aromatic heterocycles. The minimum absolute atomic E-state index is 0.123. The molecule has 0 unspecified atom stereocenters. The lowest BCUT2D eigenvalue weighted by Crippen LogP contribution is -2.31. The first-order chi connectivity index (χ1) is 13.1. The van der Waals surface area contributed by atoms with E-state index in [4.69, 9.17) is 0 Å². The van der Waals surface area contributed by atoms with E-state index in [9.17, 15) is 9.59 Å². The summed E-state index contributed by atoms with van der Waals surface area (Å²) in [5.41, 5.74) is 2.07. The van der Waals surface area contributed by atoms with Gasteiger partial charge in [0, 0.05) is 6.42 Å². The fraction of sp³-hybridized carbons (Fsp3) is 0.211. The molecule has 0 saturated heterocycles. The number of aryl methyl sites for hydroxylation is 1. The molecule has 8 heteroatoms. The van der Waals surface area contributed by atoms with Gasteiger partial charge >= 0.3 is 0 Å². The van der Waals surface area contributed by atoms with Crippen LogP contribution in [-0.4, -0.2) is 30.9 Å². The van der Waals surface area contributed by atoms with Crippen LogP contribution in [0.2, 0.25) is 0 Å². The standard InChI is InChI=1S/C19H18N6O2/c1-12(18-21-15-8-4-5-9-16(15)22-18)20-17(26)10-11-25-19(27)13-6-2-3-7-14(13)23-24-25/h2-9,12H,10-11H2,1H3,(H,20,26)(H,21,22)/t12-/m0/s1. The number of nitrogens with zero attached hydrogens (tertiary/aromatic N) is 4. The molecule has 2 N–H and O–H groups in total. The van der Waals surface area contributed by atoms with E-state index in [1.807, 2.05) is 31.2 Å². The van der Waals surface area contributed by atoms with Crippen molar-refractivity contribution in [3.05, 3.63) is 64.7 Å². The molecule has 2 heterocycles. The quantitative estimate of drug-likeness (QED) is 0.564. The molecule has 0 spiro atoms. The summed E-state index contributed by atoms with van der Waals surface area (Å²) in [5, 5.41) is 11.3. The number of aromatic amines is 1. The van der Waals surface area contributed by atoms with Gasteiger partial charge in [-0.25, -0.2) is 9.67 Å². The maximum Gasteiger partial charge on any atom is 0.277 e. The third-order valence-corrected chi connectivity index (χ3v) is 4.38. The van der Waals surface area contributed by atoms with Crippen molar-refractivity contribution in [2.75, 3.05) is 0 Å². The first-order valence-corrected chi connectivity index (χ1v) is 8.68. The highest BCUT2D eigenvalue weighted by Crippen LogP contribution is 2.15. The largest absolute Gasteiger partial charge is 0.346 e. The van der Waals surface area contributed by atoms with Gasteiger partial charge < -0.3 is 10.3 Å². The Morgan fingerprint density at radius 2 is 1.89 bits per heavy atom. The molecule has 0 fully saturated rings. The van der Waals surface area contributed by atoms with Crippen LogP contribution in [0.1, 0.15) is 25.2 Å². The highest BCUT2D eigenvalue weighted by atomic mass is 16.2. The maximum absolute atomic E-state index is 12.4. The SMILES string of the molecule is C[C@H](NC(=O)CCn1nnc2ccccc2c1=O)c1nc2ccccc2[nH]1. The molecule has 4 rings (SSSR count). The molecule has 0 radical (unpaired) electrons. The van der Waals surface area contributed by atoms with Crippen molar-refractivity contribution in [2.45, 2.75) is 25.9 Å². The molecule has 0 aliphatic carbocycles. The predicted octanol–water partition coefficient (Wildman–Crippen LogP) is 1.94. The molecule has 136 valence electrons. The molecule has 0 aliphatic rings. The number of rotatable bonds is 5. The van der Waals surface area contributed by atoms with Crippen LogP contribution in [0.15, 0.2) is 53.3 Å². The monoisotopic (exact) mass is 362 g/mol. The van der Waals surface area contributed by atoms with E-state index in [0.29, 0.717) is 16.7 Å². The van der Waals surface area contributed by atoms with Crippen molar-refractivity contribution in [2.24, 2.45) is 0 Å². The van der Waals surface area contributed by atoms with Crippen LogP contribution >= 0.6 is 0 Å². The molecular formula is C19H18N6O2. The van der Waals surface area contributed by atoms with E-state index >= 15 is 0 Å². The highest BCUT2D eigenvalue weighted by molar-refractivity contribution is 5.78. The van der Waals surface area contributed by atoms with Crippen LogP contribution in [0, 0.1) is 0 Å². The molecule has 0 saturated carbocycles. The van der Waals surface area contributed by atoms with Crippen LogP contribution < -0.4 is 10.9 Å². The molecule has 1 amide bonds.